The molecule has 0 radical (unpaired) electrons. The second-order valence-corrected chi connectivity index (χ2v) is 6.87. The van der Waals surface area contributed by atoms with Crippen LogP contribution >= 0.6 is 23.4 Å². The summed E-state index contributed by atoms with van der Waals surface area (Å²) in [5.41, 5.74) is 4.47. The van der Waals surface area contributed by atoms with Gasteiger partial charge in [0.05, 0.1) is 11.4 Å². The van der Waals surface area contributed by atoms with Gasteiger partial charge >= 0.3 is 0 Å². The predicted octanol–water partition coefficient (Wildman–Crippen LogP) is 6.16. The molecule has 0 saturated carbocycles. The van der Waals surface area contributed by atoms with Crippen LogP contribution in [-0.4, -0.2) is 0 Å². The van der Waals surface area contributed by atoms with Crippen molar-refractivity contribution >= 4 is 40.4 Å². The van der Waals surface area contributed by atoms with E-state index in [0.29, 0.717) is 6.54 Å². The van der Waals surface area contributed by atoms with E-state index in [4.69, 9.17) is 11.6 Å². The lowest BCUT2D eigenvalue weighted by molar-refractivity contribution is 1.15. The van der Waals surface area contributed by atoms with E-state index in [9.17, 15) is 0 Å². The molecule has 3 aromatic carbocycles. The summed E-state index contributed by atoms with van der Waals surface area (Å²) >= 11 is 8.00. The largest absolute Gasteiger partial charge is 0.381 e. The first kappa shape index (κ1) is 14.5. The standard InChI is InChI=1S/C19H15ClN2S/c20-15-6-2-1-5-13(15)12-21-14-9-10-19-17(11-14)22-16-7-3-4-8-18(16)23-19/h1-11,21-22H,12H2. The minimum absolute atomic E-state index is 0.711. The summed E-state index contributed by atoms with van der Waals surface area (Å²) in [6.45, 7) is 0.711. The highest BCUT2D eigenvalue weighted by molar-refractivity contribution is 7.99. The van der Waals surface area contributed by atoms with Crippen molar-refractivity contribution in [1.29, 1.82) is 0 Å². The summed E-state index contributed by atoms with van der Waals surface area (Å²) in [7, 11) is 0. The first-order chi connectivity index (χ1) is 11.3. The number of benzene rings is 3. The summed E-state index contributed by atoms with van der Waals surface area (Å²) in [6.07, 6.45) is 0. The average Bonchev–Trinajstić information content (AvgIpc) is 2.59. The van der Waals surface area contributed by atoms with Gasteiger partial charge < -0.3 is 10.6 Å². The molecule has 0 aromatic heterocycles. The molecular weight excluding hydrogens is 324 g/mol. The van der Waals surface area contributed by atoms with E-state index in [1.165, 1.54) is 9.79 Å². The Morgan fingerprint density at radius 3 is 2.57 bits per heavy atom. The number of hydrogen-bond acceptors (Lipinski definition) is 3. The van der Waals surface area contributed by atoms with Gasteiger partial charge in [0.25, 0.3) is 0 Å². The fraction of sp³-hybridized carbons (Fsp3) is 0.0526. The minimum atomic E-state index is 0.711. The molecule has 0 atom stereocenters. The first-order valence-electron chi connectivity index (χ1n) is 7.45. The summed E-state index contributed by atoms with van der Waals surface area (Å²) in [6, 6.07) is 22.7. The van der Waals surface area contributed by atoms with E-state index in [1.54, 1.807) is 11.8 Å². The SMILES string of the molecule is Clc1ccccc1CNc1ccc2c(c1)Nc1ccccc1S2. The predicted molar refractivity (Wildman–Crippen MR) is 99.1 cm³/mol. The molecule has 1 aliphatic rings. The molecule has 0 bridgehead atoms. The minimum Gasteiger partial charge on any atom is -0.381 e. The summed E-state index contributed by atoms with van der Waals surface area (Å²) < 4.78 is 0. The number of hydrogen-bond donors (Lipinski definition) is 2. The number of para-hydroxylation sites is 1. The van der Waals surface area contributed by atoms with Gasteiger partial charge in [0.2, 0.25) is 0 Å². The van der Waals surface area contributed by atoms with Crippen LogP contribution in [0.15, 0.2) is 76.5 Å². The van der Waals surface area contributed by atoms with Gasteiger partial charge in [-0.2, -0.15) is 0 Å². The molecule has 3 aromatic rings. The zero-order valence-corrected chi connectivity index (χ0v) is 13.9. The molecular formula is C19H15ClN2S. The van der Waals surface area contributed by atoms with Gasteiger partial charge in [-0.25, -0.2) is 0 Å². The molecule has 0 saturated heterocycles. The van der Waals surface area contributed by atoms with Gasteiger partial charge in [0.1, 0.15) is 0 Å². The lowest BCUT2D eigenvalue weighted by Gasteiger charge is -2.21. The third-order valence-electron chi connectivity index (χ3n) is 3.80. The summed E-state index contributed by atoms with van der Waals surface area (Å²) in [5, 5.41) is 7.74. The molecule has 0 fully saturated rings. The van der Waals surface area contributed by atoms with E-state index < -0.39 is 0 Å². The third-order valence-corrected chi connectivity index (χ3v) is 5.32. The van der Waals surface area contributed by atoms with Crippen LogP contribution in [0, 0.1) is 0 Å². The Balaban J connectivity index is 1.53. The summed E-state index contributed by atoms with van der Waals surface area (Å²) in [5.74, 6) is 0. The maximum atomic E-state index is 6.21. The Labute approximate surface area is 144 Å². The molecule has 2 nitrogen and oxygen atoms in total. The van der Waals surface area contributed by atoms with Crippen molar-refractivity contribution in [2.24, 2.45) is 0 Å². The molecule has 23 heavy (non-hydrogen) atoms. The topological polar surface area (TPSA) is 24.1 Å². The van der Waals surface area contributed by atoms with Crippen molar-refractivity contribution in [1.82, 2.24) is 0 Å². The highest BCUT2D eigenvalue weighted by atomic mass is 35.5. The van der Waals surface area contributed by atoms with Crippen LogP contribution < -0.4 is 10.6 Å². The highest BCUT2D eigenvalue weighted by Gasteiger charge is 2.15. The normalized spacial score (nSPS) is 12.0. The van der Waals surface area contributed by atoms with E-state index in [2.05, 4.69) is 53.1 Å². The number of halogens is 1. The number of anilines is 3. The van der Waals surface area contributed by atoms with Crippen LogP contribution in [-0.2, 0) is 6.54 Å². The zero-order chi connectivity index (χ0) is 15.6. The zero-order valence-electron chi connectivity index (χ0n) is 12.3. The highest BCUT2D eigenvalue weighted by Crippen LogP contribution is 2.44. The van der Waals surface area contributed by atoms with Crippen molar-refractivity contribution in [3.05, 3.63) is 77.3 Å². The second-order valence-electron chi connectivity index (χ2n) is 5.38. The van der Waals surface area contributed by atoms with Crippen LogP contribution in [0.5, 0.6) is 0 Å². The van der Waals surface area contributed by atoms with E-state index in [1.807, 2.05) is 24.3 Å². The Bertz CT molecular complexity index is 863. The molecule has 0 spiro atoms. The van der Waals surface area contributed by atoms with Crippen LogP contribution in [0.1, 0.15) is 5.56 Å². The van der Waals surface area contributed by atoms with Crippen molar-refractivity contribution in [3.63, 3.8) is 0 Å². The fourth-order valence-electron chi connectivity index (χ4n) is 2.59. The summed E-state index contributed by atoms with van der Waals surface area (Å²) in [4.78, 5) is 2.50. The third kappa shape index (κ3) is 3.03. The van der Waals surface area contributed by atoms with Gasteiger partial charge in [-0.3, -0.25) is 0 Å². The Hall–Kier alpha value is -2.10. The Morgan fingerprint density at radius 1 is 0.870 bits per heavy atom. The number of rotatable bonds is 3. The molecule has 2 N–H and O–H groups in total. The van der Waals surface area contributed by atoms with E-state index in [0.717, 1.165) is 27.6 Å². The quantitative estimate of drug-likeness (QED) is 0.467. The van der Waals surface area contributed by atoms with Gasteiger partial charge in [-0.1, -0.05) is 53.7 Å². The smallest absolute Gasteiger partial charge is 0.0547 e. The van der Waals surface area contributed by atoms with E-state index in [-0.39, 0.29) is 0 Å². The molecule has 0 unspecified atom stereocenters. The second kappa shape index (κ2) is 6.19. The van der Waals surface area contributed by atoms with Gasteiger partial charge in [-0.05, 0) is 42.0 Å². The molecule has 0 amide bonds. The number of fused-ring (bicyclic) bond motifs is 2. The van der Waals surface area contributed by atoms with Crippen molar-refractivity contribution in [3.8, 4) is 0 Å². The lowest BCUT2D eigenvalue weighted by Crippen LogP contribution is -2.03. The first-order valence-corrected chi connectivity index (χ1v) is 8.64. The van der Waals surface area contributed by atoms with Gasteiger partial charge in [0.15, 0.2) is 0 Å². The fourth-order valence-corrected chi connectivity index (χ4v) is 3.76. The molecule has 114 valence electrons. The van der Waals surface area contributed by atoms with Crippen LogP contribution in [0.2, 0.25) is 5.02 Å². The van der Waals surface area contributed by atoms with E-state index >= 15 is 0 Å². The van der Waals surface area contributed by atoms with Crippen LogP contribution in [0.25, 0.3) is 0 Å². The maximum Gasteiger partial charge on any atom is 0.0547 e. The molecule has 1 heterocycles. The molecule has 4 heteroatoms. The molecule has 0 aliphatic carbocycles. The molecule has 1 aliphatic heterocycles. The van der Waals surface area contributed by atoms with Crippen molar-refractivity contribution in [2.75, 3.05) is 10.6 Å². The average molecular weight is 339 g/mol. The van der Waals surface area contributed by atoms with Gasteiger partial charge in [-0.15, -0.1) is 0 Å². The number of nitrogens with one attached hydrogen (secondary N) is 2. The van der Waals surface area contributed by atoms with Crippen LogP contribution in [0.3, 0.4) is 0 Å². The lowest BCUT2D eigenvalue weighted by atomic mass is 10.2. The van der Waals surface area contributed by atoms with Crippen molar-refractivity contribution in [2.45, 2.75) is 16.3 Å². The van der Waals surface area contributed by atoms with Crippen molar-refractivity contribution < 1.29 is 0 Å². The van der Waals surface area contributed by atoms with Crippen LogP contribution in [0.4, 0.5) is 17.1 Å². The maximum absolute atomic E-state index is 6.21. The Kier molecular flexibility index (Phi) is 3.90. The molecule has 4 rings (SSSR count). The van der Waals surface area contributed by atoms with Gasteiger partial charge in [0, 0.05) is 27.0 Å². The monoisotopic (exact) mass is 338 g/mol. The Morgan fingerprint density at radius 2 is 1.65 bits per heavy atom.